The Hall–Kier alpha value is -2.04. The van der Waals surface area contributed by atoms with Crippen molar-refractivity contribution in [2.45, 2.75) is 13.8 Å². The topological polar surface area (TPSA) is 66.8 Å². The van der Waals surface area contributed by atoms with Crippen LogP contribution in [0.5, 0.6) is 5.75 Å². The smallest absolute Gasteiger partial charge is 0.323 e. The van der Waals surface area contributed by atoms with E-state index < -0.39 is 5.97 Å². The summed E-state index contributed by atoms with van der Waals surface area (Å²) in [5.74, 6) is -0.713. The summed E-state index contributed by atoms with van der Waals surface area (Å²) in [6.45, 7) is 3.67. The normalized spacial score (nSPS) is 9.94. The highest BCUT2D eigenvalue weighted by Crippen LogP contribution is 2.19. The number of carboxylic acid groups (broad SMARTS) is 1. The molecule has 0 aliphatic heterocycles. The summed E-state index contributed by atoms with van der Waals surface area (Å²) in [5, 5.41) is 8.74. The first-order chi connectivity index (χ1) is 8.49. The third kappa shape index (κ3) is 3.23. The number of likely N-dealkylation sites (N-methyl/N-ethyl adjacent to an activating group) is 1. The third-order valence-electron chi connectivity index (χ3n) is 2.65. The number of methoxy groups -OCH3 is 1. The number of aryl methyl sites for hydroxylation is 1. The van der Waals surface area contributed by atoms with E-state index in [1.807, 2.05) is 6.92 Å². The highest BCUT2D eigenvalue weighted by Gasteiger charge is 2.17. The van der Waals surface area contributed by atoms with E-state index in [-0.39, 0.29) is 12.5 Å². The van der Waals surface area contributed by atoms with E-state index in [2.05, 4.69) is 0 Å². The zero-order valence-electron chi connectivity index (χ0n) is 10.8. The largest absolute Gasteiger partial charge is 0.496 e. The minimum Gasteiger partial charge on any atom is -0.496 e. The molecule has 0 saturated heterocycles. The Kier molecular flexibility index (Phi) is 4.71. The molecule has 1 rings (SSSR count). The van der Waals surface area contributed by atoms with Gasteiger partial charge in [0, 0.05) is 12.1 Å². The molecule has 0 heterocycles. The van der Waals surface area contributed by atoms with Crippen LogP contribution >= 0.6 is 0 Å². The summed E-state index contributed by atoms with van der Waals surface area (Å²) in [6, 6.07) is 5.08. The molecule has 5 nitrogen and oxygen atoms in total. The van der Waals surface area contributed by atoms with E-state index in [0.717, 1.165) is 5.56 Å². The van der Waals surface area contributed by atoms with Gasteiger partial charge in [-0.05, 0) is 31.5 Å². The van der Waals surface area contributed by atoms with E-state index in [9.17, 15) is 9.59 Å². The number of rotatable bonds is 5. The van der Waals surface area contributed by atoms with Gasteiger partial charge in [0.1, 0.15) is 12.3 Å². The fourth-order valence-electron chi connectivity index (χ4n) is 1.63. The molecule has 1 aromatic carbocycles. The molecule has 0 radical (unpaired) electrons. The number of hydrogen-bond acceptors (Lipinski definition) is 3. The molecular weight excluding hydrogens is 234 g/mol. The van der Waals surface area contributed by atoms with Gasteiger partial charge in [-0.1, -0.05) is 6.07 Å². The number of nitrogens with zero attached hydrogens (tertiary/aromatic N) is 1. The first kappa shape index (κ1) is 14.0. The number of carbonyl (C=O) groups is 2. The predicted octanol–water partition coefficient (Wildman–Crippen LogP) is 1.55. The minimum atomic E-state index is -1.02. The van der Waals surface area contributed by atoms with Crippen LogP contribution in [-0.4, -0.2) is 42.1 Å². The Morgan fingerprint density at radius 2 is 2.06 bits per heavy atom. The van der Waals surface area contributed by atoms with Gasteiger partial charge in [0.2, 0.25) is 0 Å². The lowest BCUT2D eigenvalue weighted by atomic mass is 10.1. The molecule has 18 heavy (non-hydrogen) atoms. The maximum absolute atomic E-state index is 12.1. The molecule has 0 aliphatic rings. The van der Waals surface area contributed by atoms with Crippen molar-refractivity contribution < 1.29 is 19.4 Å². The standard InChI is InChI=1S/C13H17NO4/c1-4-14(8-12(15)16)13(17)10-6-5-9(2)11(7-10)18-3/h5-7H,4,8H2,1-3H3,(H,15,16). The second-order valence-electron chi connectivity index (χ2n) is 3.90. The minimum absolute atomic E-state index is 0.300. The molecule has 1 aromatic rings. The lowest BCUT2D eigenvalue weighted by Crippen LogP contribution is -2.35. The molecule has 1 N–H and O–H groups in total. The SMILES string of the molecule is CCN(CC(=O)O)C(=O)c1ccc(C)c(OC)c1. The number of carboxylic acids is 1. The highest BCUT2D eigenvalue weighted by atomic mass is 16.5. The van der Waals surface area contributed by atoms with Crippen molar-refractivity contribution in [3.8, 4) is 5.75 Å². The van der Waals surface area contributed by atoms with Crippen LogP contribution in [0.1, 0.15) is 22.8 Å². The van der Waals surface area contributed by atoms with Crippen molar-refractivity contribution in [1.29, 1.82) is 0 Å². The molecule has 5 heteroatoms. The van der Waals surface area contributed by atoms with Crippen LogP contribution in [0.3, 0.4) is 0 Å². The van der Waals surface area contributed by atoms with Gasteiger partial charge < -0.3 is 14.7 Å². The summed E-state index contributed by atoms with van der Waals surface area (Å²) in [5.41, 5.74) is 1.36. The average molecular weight is 251 g/mol. The molecule has 0 spiro atoms. The number of aliphatic carboxylic acids is 1. The number of ether oxygens (including phenoxy) is 1. The molecule has 0 atom stereocenters. The van der Waals surface area contributed by atoms with Crippen LogP contribution in [0, 0.1) is 6.92 Å². The monoisotopic (exact) mass is 251 g/mol. The summed E-state index contributed by atoms with van der Waals surface area (Å²) in [6.07, 6.45) is 0. The molecule has 1 amide bonds. The maximum Gasteiger partial charge on any atom is 0.323 e. The van der Waals surface area contributed by atoms with Crippen LogP contribution in [-0.2, 0) is 4.79 Å². The highest BCUT2D eigenvalue weighted by molar-refractivity contribution is 5.96. The van der Waals surface area contributed by atoms with Crippen molar-refractivity contribution in [3.63, 3.8) is 0 Å². The average Bonchev–Trinajstić information content (AvgIpc) is 2.35. The molecule has 0 unspecified atom stereocenters. The Bertz CT molecular complexity index is 456. The van der Waals surface area contributed by atoms with Gasteiger partial charge in [-0.15, -0.1) is 0 Å². The fraction of sp³-hybridized carbons (Fsp3) is 0.385. The van der Waals surface area contributed by atoms with Crippen LogP contribution in [0.25, 0.3) is 0 Å². The summed E-state index contributed by atoms with van der Waals surface area (Å²) < 4.78 is 5.14. The maximum atomic E-state index is 12.1. The van der Waals surface area contributed by atoms with Gasteiger partial charge in [-0.25, -0.2) is 0 Å². The second kappa shape index (κ2) is 6.05. The second-order valence-corrected chi connectivity index (χ2v) is 3.90. The zero-order chi connectivity index (χ0) is 13.7. The molecular formula is C13H17NO4. The van der Waals surface area contributed by atoms with Gasteiger partial charge in [0.05, 0.1) is 7.11 Å². The van der Waals surface area contributed by atoms with Crippen molar-refractivity contribution in [1.82, 2.24) is 4.90 Å². The van der Waals surface area contributed by atoms with Crippen LogP contribution < -0.4 is 4.74 Å². The van der Waals surface area contributed by atoms with E-state index in [0.29, 0.717) is 17.9 Å². The molecule has 0 aliphatic carbocycles. The van der Waals surface area contributed by atoms with E-state index >= 15 is 0 Å². The van der Waals surface area contributed by atoms with Gasteiger partial charge in [-0.2, -0.15) is 0 Å². The first-order valence-electron chi connectivity index (χ1n) is 5.65. The number of hydrogen-bond donors (Lipinski definition) is 1. The molecule has 98 valence electrons. The van der Waals surface area contributed by atoms with Crippen molar-refractivity contribution >= 4 is 11.9 Å². The Morgan fingerprint density at radius 1 is 1.39 bits per heavy atom. The third-order valence-corrected chi connectivity index (χ3v) is 2.65. The Labute approximate surface area is 106 Å². The number of benzene rings is 1. The number of amides is 1. The van der Waals surface area contributed by atoms with Gasteiger partial charge in [0.25, 0.3) is 5.91 Å². The summed E-state index contributed by atoms with van der Waals surface area (Å²) >= 11 is 0. The molecule has 0 saturated carbocycles. The lowest BCUT2D eigenvalue weighted by Gasteiger charge is -2.19. The van der Waals surface area contributed by atoms with Crippen molar-refractivity contribution in [3.05, 3.63) is 29.3 Å². The van der Waals surface area contributed by atoms with Crippen LogP contribution in [0.2, 0.25) is 0 Å². The molecule has 0 aromatic heterocycles. The zero-order valence-corrected chi connectivity index (χ0v) is 10.8. The van der Waals surface area contributed by atoms with E-state index in [1.54, 1.807) is 25.1 Å². The lowest BCUT2D eigenvalue weighted by molar-refractivity contribution is -0.137. The summed E-state index contributed by atoms with van der Waals surface area (Å²) in [7, 11) is 1.53. The first-order valence-corrected chi connectivity index (χ1v) is 5.65. The number of carbonyl (C=O) groups excluding carboxylic acids is 1. The fourth-order valence-corrected chi connectivity index (χ4v) is 1.63. The molecule has 0 fully saturated rings. The van der Waals surface area contributed by atoms with Crippen LogP contribution in [0.15, 0.2) is 18.2 Å². The van der Waals surface area contributed by atoms with Crippen molar-refractivity contribution in [2.75, 3.05) is 20.2 Å². The predicted molar refractivity (Wildman–Crippen MR) is 66.9 cm³/mol. The quantitative estimate of drug-likeness (QED) is 0.862. The summed E-state index contributed by atoms with van der Waals surface area (Å²) in [4.78, 5) is 24.0. The van der Waals surface area contributed by atoms with Crippen LogP contribution in [0.4, 0.5) is 0 Å². The van der Waals surface area contributed by atoms with Gasteiger partial charge >= 0.3 is 5.97 Å². The van der Waals surface area contributed by atoms with Gasteiger partial charge in [-0.3, -0.25) is 9.59 Å². The van der Waals surface area contributed by atoms with Crippen molar-refractivity contribution in [2.24, 2.45) is 0 Å². The Morgan fingerprint density at radius 3 is 2.56 bits per heavy atom. The van der Waals surface area contributed by atoms with Gasteiger partial charge in [0.15, 0.2) is 0 Å². The van der Waals surface area contributed by atoms with E-state index in [4.69, 9.17) is 9.84 Å². The van der Waals surface area contributed by atoms with E-state index in [1.165, 1.54) is 12.0 Å². The molecule has 0 bridgehead atoms. The Balaban J connectivity index is 2.98.